The van der Waals surface area contributed by atoms with Crippen LogP contribution in [-0.4, -0.2) is 41.4 Å². The van der Waals surface area contributed by atoms with Gasteiger partial charge >= 0.3 is 0 Å². The predicted octanol–water partition coefficient (Wildman–Crippen LogP) is 1.43. The molecule has 0 aliphatic heterocycles. The van der Waals surface area contributed by atoms with Gasteiger partial charge in [-0.1, -0.05) is 19.8 Å². The van der Waals surface area contributed by atoms with Crippen LogP contribution in [0, 0.1) is 5.92 Å². The highest BCUT2D eigenvalue weighted by molar-refractivity contribution is 7.89. The summed E-state index contributed by atoms with van der Waals surface area (Å²) in [6.07, 6.45) is 6.93. The van der Waals surface area contributed by atoms with Crippen LogP contribution in [0.4, 0.5) is 0 Å². The molecular formula is C14H26N4O2S. The van der Waals surface area contributed by atoms with Crippen molar-refractivity contribution in [2.24, 2.45) is 11.7 Å². The van der Waals surface area contributed by atoms with E-state index in [0.717, 1.165) is 25.7 Å². The molecule has 1 heterocycles. The van der Waals surface area contributed by atoms with Gasteiger partial charge in [0.25, 0.3) is 10.0 Å². The third-order valence-corrected chi connectivity index (χ3v) is 6.56. The van der Waals surface area contributed by atoms with Gasteiger partial charge in [-0.25, -0.2) is 13.4 Å². The maximum atomic E-state index is 12.8. The highest BCUT2D eigenvalue weighted by Gasteiger charge is 2.43. The van der Waals surface area contributed by atoms with Crippen molar-refractivity contribution in [2.45, 2.75) is 56.6 Å². The fraction of sp³-hybridized carbons (Fsp3) is 0.786. The molecule has 7 heteroatoms. The molecule has 2 rings (SSSR count). The molecule has 0 bridgehead atoms. The van der Waals surface area contributed by atoms with Crippen LogP contribution < -0.4 is 5.73 Å². The topological polar surface area (TPSA) is 81.2 Å². The number of aromatic nitrogens is 2. The van der Waals surface area contributed by atoms with Gasteiger partial charge in [-0.05, 0) is 25.7 Å². The zero-order chi connectivity index (χ0) is 15.7. The van der Waals surface area contributed by atoms with Gasteiger partial charge in [-0.2, -0.15) is 4.31 Å². The number of hydrogen-bond acceptors (Lipinski definition) is 4. The van der Waals surface area contributed by atoms with Crippen LogP contribution in [-0.2, 0) is 16.6 Å². The fourth-order valence-corrected chi connectivity index (χ4v) is 4.75. The lowest BCUT2D eigenvalue weighted by molar-refractivity contribution is 0.127. The highest BCUT2D eigenvalue weighted by atomic mass is 32.2. The smallest absolute Gasteiger partial charge is 0.262 e. The molecule has 1 fully saturated rings. The second-order valence-electron chi connectivity index (χ2n) is 6.14. The van der Waals surface area contributed by atoms with E-state index >= 15 is 0 Å². The molecule has 0 radical (unpaired) electrons. The van der Waals surface area contributed by atoms with Crippen molar-refractivity contribution in [3.8, 4) is 0 Å². The van der Waals surface area contributed by atoms with Gasteiger partial charge in [0, 0.05) is 31.9 Å². The highest BCUT2D eigenvalue weighted by Crippen LogP contribution is 2.37. The van der Waals surface area contributed by atoms with Crippen LogP contribution in [0.2, 0.25) is 0 Å². The summed E-state index contributed by atoms with van der Waals surface area (Å²) in [6, 6.07) is 0. The molecule has 2 unspecified atom stereocenters. The van der Waals surface area contributed by atoms with E-state index in [4.69, 9.17) is 5.73 Å². The molecule has 2 atom stereocenters. The minimum atomic E-state index is -3.60. The van der Waals surface area contributed by atoms with Gasteiger partial charge in [0.05, 0.1) is 6.33 Å². The molecule has 1 aliphatic rings. The zero-order valence-electron chi connectivity index (χ0n) is 13.1. The lowest BCUT2D eigenvalue weighted by atomic mass is 9.76. The van der Waals surface area contributed by atoms with Crippen molar-refractivity contribution in [3.63, 3.8) is 0 Å². The molecular weight excluding hydrogens is 288 g/mol. The van der Waals surface area contributed by atoms with Gasteiger partial charge in [-0.15, -0.1) is 0 Å². The Morgan fingerprint density at radius 1 is 1.57 bits per heavy atom. The number of sulfonamides is 1. The van der Waals surface area contributed by atoms with Gasteiger partial charge < -0.3 is 10.3 Å². The summed E-state index contributed by atoms with van der Waals surface area (Å²) >= 11 is 0. The average molecular weight is 314 g/mol. The van der Waals surface area contributed by atoms with Crippen LogP contribution in [0.1, 0.15) is 39.5 Å². The lowest BCUT2D eigenvalue weighted by Gasteiger charge is -2.44. The monoisotopic (exact) mass is 314 g/mol. The van der Waals surface area contributed by atoms with Crippen LogP contribution in [0.15, 0.2) is 17.6 Å². The number of nitrogens with zero attached hydrogens (tertiary/aromatic N) is 3. The van der Waals surface area contributed by atoms with E-state index in [9.17, 15) is 8.42 Å². The van der Waals surface area contributed by atoms with Gasteiger partial charge in [0.2, 0.25) is 0 Å². The maximum Gasteiger partial charge on any atom is 0.262 e. The van der Waals surface area contributed by atoms with Crippen molar-refractivity contribution < 1.29 is 8.42 Å². The number of likely N-dealkylation sites (N-methyl/N-ethyl adjacent to an activating group) is 1. The Bertz CT molecular complexity index is 584. The summed E-state index contributed by atoms with van der Waals surface area (Å²) in [5.41, 5.74) is 5.50. The summed E-state index contributed by atoms with van der Waals surface area (Å²) < 4.78 is 28.9. The lowest BCUT2D eigenvalue weighted by Crippen LogP contribution is -2.56. The Morgan fingerprint density at radius 3 is 2.81 bits per heavy atom. The van der Waals surface area contributed by atoms with Crippen LogP contribution in [0.5, 0.6) is 0 Å². The SMILES string of the molecule is CCn1cnc(S(=O)(=O)N(C)C2(CN)CCCC(C)C2)c1. The quantitative estimate of drug-likeness (QED) is 0.891. The van der Waals surface area contributed by atoms with E-state index in [-0.39, 0.29) is 5.03 Å². The predicted molar refractivity (Wildman–Crippen MR) is 82.3 cm³/mol. The summed E-state index contributed by atoms with van der Waals surface area (Å²) in [5, 5.41) is 0.109. The van der Waals surface area contributed by atoms with Crippen LogP contribution >= 0.6 is 0 Å². The van der Waals surface area contributed by atoms with Gasteiger partial charge in [-0.3, -0.25) is 0 Å². The molecule has 21 heavy (non-hydrogen) atoms. The van der Waals surface area contributed by atoms with Gasteiger partial charge in [0.15, 0.2) is 5.03 Å². The Balaban J connectivity index is 2.33. The van der Waals surface area contributed by atoms with Crippen LogP contribution in [0.25, 0.3) is 0 Å². The molecule has 0 aromatic carbocycles. The minimum absolute atomic E-state index is 0.109. The van der Waals surface area contributed by atoms with Crippen molar-refractivity contribution in [2.75, 3.05) is 13.6 Å². The molecule has 1 saturated carbocycles. The molecule has 120 valence electrons. The van der Waals surface area contributed by atoms with E-state index < -0.39 is 15.6 Å². The number of rotatable bonds is 5. The van der Waals surface area contributed by atoms with Crippen molar-refractivity contribution >= 4 is 10.0 Å². The molecule has 2 N–H and O–H groups in total. The maximum absolute atomic E-state index is 12.8. The second-order valence-corrected chi connectivity index (χ2v) is 8.06. The van der Waals surface area contributed by atoms with Crippen molar-refractivity contribution in [1.82, 2.24) is 13.9 Å². The first-order chi connectivity index (χ1) is 9.85. The Morgan fingerprint density at radius 2 is 2.29 bits per heavy atom. The van der Waals surface area contributed by atoms with E-state index in [1.54, 1.807) is 24.1 Å². The molecule has 1 aliphatic carbocycles. The first-order valence-electron chi connectivity index (χ1n) is 7.56. The standard InChI is InChI=1S/C14H26N4O2S/c1-4-18-9-13(16-11-18)21(19,20)17(3)14(10-15)7-5-6-12(2)8-14/h9,11-12H,4-8,10,15H2,1-3H3. The zero-order valence-corrected chi connectivity index (χ0v) is 13.9. The third-order valence-electron chi connectivity index (χ3n) is 4.71. The number of aryl methyl sites for hydroxylation is 1. The number of nitrogens with two attached hydrogens (primary N) is 1. The summed E-state index contributed by atoms with van der Waals surface area (Å²) in [4.78, 5) is 4.05. The largest absolute Gasteiger partial charge is 0.336 e. The molecule has 0 saturated heterocycles. The van der Waals surface area contributed by atoms with Crippen molar-refractivity contribution in [1.29, 1.82) is 0 Å². The van der Waals surface area contributed by atoms with E-state index in [1.807, 2.05) is 6.92 Å². The Labute approximate surface area is 127 Å². The van der Waals surface area contributed by atoms with E-state index in [0.29, 0.717) is 19.0 Å². The molecule has 1 aromatic heterocycles. The van der Waals surface area contributed by atoms with Crippen LogP contribution in [0.3, 0.4) is 0 Å². The average Bonchev–Trinajstić information content (AvgIpc) is 2.96. The number of hydrogen-bond donors (Lipinski definition) is 1. The summed E-state index contributed by atoms with van der Waals surface area (Å²) in [7, 11) is -1.96. The molecule has 0 amide bonds. The second kappa shape index (κ2) is 6.06. The molecule has 0 spiro atoms. The number of imidazole rings is 1. The first kappa shape index (κ1) is 16.5. The van der Waals surface area contributed by atoms with Gasteiger partial charge in [0.1, 0.15) is 0 Å². The van der Waals surface area contributed by atoms with Crippen molar-refractivity contribution in [3.05, 3.63) is 12.5 Å². The summed E-state index contributed by atoms with van der Waals surface area (Å²) in [5.74, 6) is 0.494. The fourth-order valence-electron chi connectivity index (χ4n) is 3.27. The minimum Gasteiger partial charge on any atom is -0.336 e. The third kappa shape index (κ3) is 3.00. The Hall–Kier alpha value is -0.920. The normalized spacial score (nSPS) is 27.2. The first-order valence-corrected chi connectivity index (χ1v) is 9.00. The summed E-state index contributed by atoms with van der Waals surface area (Å²) in [6.45, 7) is 5.16. The molecule has 6 nitrogen and oxygen atoms in total. The Kier molecular flexibility index (Phi) is 4.75. The molecule has 1 aromatic rings. The van der Waals surface area contributed by atoms with E-state index in [1.165, 1.54) is 4.31 Å². The van der Waals surface area contributed by atoms with E-state index in [2.05, 4.69) is 11.9 Å².